The zero-order valence-corrected chi connectivity index (χ0v) is 7.70. The molecule has 3 heteroatoms. The Kier molecular flexibility index (Phi) is 1.93. The maximum atomic E-state index is 11.6. The summed E-state index contributed by atoms with van der Waals surface area (Å²) in [6, 6.07) is 8.34. The third-order valence-electron chi connectivity index (χ3n) is 2.15. The standard InChI is InChI=1S/C11H9NO2/c1-7-6-10(13)8-4-2-3-5-9(8)12-11(7)14/h2-6H,1H3,(H,12,14). The predicted molar refractivity (Wildman–Crippen MR) is 55.6 cm³/mol. The second-order valence-electron chi connectivity index (χ2n) is 3.19. The predicted octanol–water partition coefficient (Wildman–Crippen LogP) is 1.20. The lowest BCUT2D eigenvalue weighted by Gasteiger charge is -1.87. The van der Waals surface area contributed by atoms with Gasteiger partial charge < -0.3 is 4.98 Å². The molecule has 1 N–H and O–H groups in total. The number of aromatic nitrogens is 1. The van der Waals surface area contributed by atoms with Crippen molar-refractivity contribution in [3.05, 3.63) is 56.5 Å². The Labute approximate surface area is 80.0 Å². The van der Waals surface area contributed by atoms with E-state index in [4.69, 9.17) is 0 Å². The number of aromatic amines is 1. The summed E-state index contributed by atoms with van der Waals surface area (Å²) in [5.41, 5.74) is 0.668. The SMILES string of the molecule is Cc1cc(=O)c2ccccc2[nH]c1=O. The largest absolute Gasteiger partial charge is 0.322 e. The summed E-state index contributed by atoms with van der Waals surface area (Å²) < 4.78 is 0. The lowest BCUT2D eigenvalue weighted by molar-refractivity contribution is 1.26. The van der Waals surface area contributed by atoms with Gasteiger partial charge in [0.2, 0.25) is 0 Å². The number of hydrogen-bond donors (Lipinski definition) is 1. The molecule has 2 rings (SSSR count). The van der Waals surface area contributed by atoms with E-state index < -0.39 is 0 Å². The fourth-order valence-electron chi connectivity index (χ4n) is 1.37. The highest BCUT2D eigenvalue weighted by atomic mass is 16.1. The third kappa shape index (κ3) is 1.33. The van der Waals surface area contributed by atoms with Crippen LogP contribution in [0.25, 0.3) is 10.9 Å². The Morgan fingerprint density at radius 1 is 1.14 bits per heavy atom. The van der Waals surface area contributed by atoms with E-state index in [0.717, 1.165) is 0 Å². The van der Waals surface area contributed by atoms with Crippen molar-refractivity contribution >= 4 is 10.9 Å². The molecule has 0 fully saturated rings. The molecule has 70 valence electrons. The van der Waals surface area contributed by atoms with E-state index in [-0.39, 0.29) is 11.0 Å². The van der Waals surface area contributed by atoms with Crippen LogP contribution < -0.4 is 11.0 Å². The molecule has 0 bridgehead atoms. The van der Waals surface area contributed by atoms with Crippen LogP contribution in [0, 0.1) is 6.92 Å². The van der Waals surface area contributed by atoms with Crippen molar-refractivity contribution in [1.29, 1.82) is 0 Å². The minimum atomic E-state index is -0.219. The maximum absolute atomic E-state index is 11.6. The molecule has 0 radical (unpaired) electrons. The van der Waals surface area contributed by atoms with E-state index >= 15 is 0 Å². The Morgan fingerprint density at radius 3 is 2.64 bits per heavy atom. The van der Waals surface area contributed by atoms with Gasteiger partial charge >= 0.3 is 0 Å². The van der Waals surface area contributed by atoms with Crippen LogP contribution in [0.5, 0.6) is 0 Å². The zero-order chi connectivity index (χ0) is 10.1. The van der Waals surface area contributed by atoms with E-state index in [1.165, 1.54) is 6.07 Å². The maximum Gasteiger partial charge on any atom is 0.251 e. The number of fused-ring (bicyclic) bond motifs is 1. The van der Waals surface area contributed by atoms with Crippen LogP contribution in [0.4, 0.5) is 0 Å². The first kappa shape index (κ1) is 8.69. The van der Waals surface area contributed by atoms with Gasteiger partial charge in [-0.15, -0.1) is 0 Å². The molecule has 0 aliphatic heterocycles. The molecular weight excluding hydrogens is 178 g/mol. The van der Waals surface area contributed by atoms with Gasteiger partial charge in [0.15, 0.2) is 5.43 Å². The van der Waals surface area contributed by atoms with Gasteiger partial charge in [-0.3, -0.25) is 9.59 Å². The van der Waals surface area contributed by atoms with Crippen molar-refractivity contribution in [2.24, 2.45) is 0 Å². The summed E-state index contributed by atoms with van der Waals surface area (Å²) in [4.78, 5) is 25.7. The molecule has 0 atom stereocenters. The average molecular weight is 187 g/mol. The summed E-state index contributed by atoms with van der Waals surface area (Å²) in [5, 5.41) is 0.540. The van der Waals surface area contributed by atoms with Crippen molar-refractivity contribution in [3.8, 4) is 0 Å². The topological polar surface area (TPSA) is 49.9 Å². The average Bonchev–Trinajstić information content (AvgIpc) is 2.27. The van der Waals surface area contributed by atoms with Crippen molar-refractivity contribution in [2.45, 2.75) is 6.92 Å². The summed E-state index contributed by atoms with van der Waals surface area (Å²) in [6.45, 7) is 1.62. The molecule has 1 heterocycles. The highest BCUT2D eigenvalue weighted by Crippen LogP contribution is 2.02. The molecule has 3 nitrogen and oxygen atoms in total. The molecule has 0 aliphatic rings. The fourth-order valence-corrected chi connectivity index (χ4v) is 1.37. The lowest BCUT2D eigenvalue weighted by atomic mass is 10.2. The Bertz CT molecular complexity index is 599. The molecule has 1 aromatic heterocycles. The van der Waals surface area contributed by atoms with Gasteiger partial charge in [-0.1, -0.05) is 12.1 Å². The summed E-state index contributed by atoms with van der Waals surface area (Å²) in [6.07, 6.45) is 0. The van der Waals surface area contributed by atoms with Gasteiger partial charge in [0.25, 0.3) is 5.56 Å². The lowest BCUT2D eigenvalue weighted by Crippen LogP contribution is -2.05. The van der Waals surface area contributed by atoms with Gasteiger partial charge in [-0.05, 0) is 25.1 Å². The van der Waals surface area contributed by atoms with Crippen molar-refractivity contribution in [2.75, 3.05) is 0 Å². The number of hydrogen-bond acceptors (Lipinski definition) is 2. The molecule has 0 saturated carbocycles. The molecule has 14 heavy (non-hydrogen) atoms. The molecule has 0 aliphatic carbocycles. The van der Waals surface area contributed by atoms with Crippen LogP contribution in [0.15, 0.2) is 39.9 Å². The van der Waals surface area contributed by atoms with E-state index in [0.29, 0.717) is 16.5 Å². The van der Waals surface area contributed by atoms with Crippen LogP contribution in [0.1, 0.15) is 5.56 Å². The first-order valence-corrected chi connectivity index (χ1v) is 4.31. The Morgan fingerprint density at radius 2 is 1.86 bits per heavy atom. The van der Waals surface area contributed by atoms with Crippen LogP contribution in [-0.4, -0.2) is 4.98 Å². The smallest absolute Gasteiger partial charge is 0.251 e. The first-order valence-electron chi connectivity index (χ1n) is 4.31. The monoisotopic (exact) mass is 187 g/mol. The van der Waals surface area contributed by atoms with E-state index in [1.807, 2.05) is 0 Å². The zero-order valence-electron chi connectivity index (χ0n) is 7.70. The van der Waals surface area contributed by atoms with Crippen LogP contribution in [0.2, 0.25) is 0 Å². The van der Waals surface area contributed by atoms with E-state index in [9.17, 15) is 9.59 Å². The molecule has 0 unspecified atom stereocenters. The van der Waals surface area contributed by atoms with E-state index in [2.05, 4.69) is 4.98 Å². The quantitative estimate of drug-likeness (QED) is 0.673. The molecule has 0 saturated heterocycles. The molecule has 0 amide bonds. The van der Waals surface area contributed by atoms with Crippen molar-refractivity contribution in [3.63, 3.8) is 0 Å². The normalized spacial score (nSPS) is 10.4. The fraction of sp³-hybridized carbons (Fsp3) is 0.0909. The number of aryl methyl sites for hydroxylation is 1. The number of H-pyrrole nitrogens is 1. The van der Waals surface area contributed by atoms with Crippen LogP contribution >= 0.6 is 0 Å². The number of para-hydroxylation sites is 1. The second-order valence-corrected chi connectivity index (χ2v) is 3.19. The minimum absolute atomic E-state index is 0.128. The van der Waals surface area contributed by atoms with Crippen molar-refractivity contribution < 1.29 is 0 Å². The highest BCUT2D eigenvalue weighted by Gasteiger charge is 1.98. The van der Waals surface area contributed by atoms with Gasteiger partial charge in [0.05, 0.1) is 5.52 Å². The van der Waals surface area contributed by atoms with Crippen molar-refractivity contribution in [1.82, 2.24) is 4.98 Å². The minimum Gasteiger partial charge on any atom is -0.322 e. The number of benzene rings is 1. The van der Waals surface area contributed by atoms with Crippen LogP contribution in [0.3, 0.4) is 0 Å². The van der Waals surface area contributed by atoms with Gasteiger partial charge in [-0.2, -0.15) is 0 Å². The summed E-state index contributed by atoms with van der Waals surface area (Å²) in [7, 11) is 0. The third-order valence-corrected chi connectivity index (χ3v) is 2.15. The Balaban J connectivity index is 3.13. The van der Waals surface area contributed by atoms with E-state index in [1.54, 1.807) is 31.2 Å². The second kappa shape index (κ2) is 3.10. The molecule has 0 spiro atoms. The highest BCUT2D eigenvalue weighted by molar-refractivity contribution is 5.77. The summed E-state index contributed by atoms with van der Waals surface area (Å²) in [5.74, 6) is 0. The first-order chi connectivity index (χ1) is 6.68. The van der Waals surface area contributed by atoms with Gasteiger partial charge in [-0.25, -0.2) is 0 Å². The Hall–Kier alpha value is -1.90. The van der Waals surface area contributed by atoms with Gasteiger partial charge in [0, 0.05) is 10.9 Å². The summed E-state index contributed by atoms with van der Waals surface area (Å²) >= 11 is 0. The van der Waals surface area contributed by atoms with Gasteiger partial charge in [0.1, 0.15) is 0 Å². The molecular formula is C11H9NO2. The number of nitrogens with one attached hydrogen (secondary N) is 1. The molecule has 2 aromatic rings. The van der Waals surface area contributed by atoms with Crippen LogP contribution in [-0.2, 0) is 0 Å². The number of rotatable bonds is 0. The molecule has 1 aromatic carbocycles.